The Bertz CT molecular complexity index is 415. The fraction of sp³-hybridized carbons (Fsp3) is 0.750. The number of aliphatic carboxylic acids is 1. The van der Waals surface area contributed by atoms with Crippen LogP contribution in [0.15, 0.2) is 4.99 Å². The van der Waals surface area contributed by atoms with Crippen LogP contribution in [-0.2, 0) is 14.3 Å². The molecule has 1 aliphatic rings. The van der Waals surface area contributed by atoms with Crippen LogP contribution < -0.4 is 5.11 Å². The number of aliphatic imine (C=N–C) groups is 1. The van der Waals surface area contributed by atoms with Crippen LogP contribution in [0.4, 0.5) is 0 Å². The van der Waals surface area contributed by atoms with Crippen molar-refractivity contribution in [1.82, 2.24) is 4.90 Å². The summed E-state index contributed by atoms with van der Waals surface area (Å²) in [6.07, 6.45) is -1.79. The quantitative estimate of drug-likeness (QED) is 0.484. The predicted molar refractivity (Wildman–Crippen MR) is 66.9 cm³/mol. The van der Waals surface area contributed by atoms with Crippen LogP contribution >= 0.6 is 0 Å². The molecule has 114 valence electrons. The molecule has 0 bridgehead atoms. The van der Waals surface area contributed by atoms with Crippen LogP contribution in [0.3, 0.4) is 0 Å². The molecule has 0 spiro atoms. The number of nitrogens with zero attached hydrogens (tertiary/aromatic N) is 2. The number of rotatable bonds is 3. The predicted octanol–water partition coefficient (Wildman–Crippen LogP) is -1.44. The van der Waals surface area contributed by atoms with Crippen molar-refractivity contribution < 1.29 is 29.6 Å². The van der Waals surface area contributed by atoms with E-state index >= 15 is 0 Å². The topological polar surface area (TPSA) is 122 Å². The fourth-order valence-electron chi connectivity index (χ4n) is 1.87. The van der Waals surface area contributed by atoms with E-state index in [-0.39, 0.29) is 13.0 Å². The summed E-state index contributed by atoms with van der Waals surface area (Å²) >= 11 is 0. The van der Waals surface area contributed by atoms with E-state index in [0.29, 0.717) is 0 Å². The molecule has 2 atom stereocenters. The number of aliphatic hydroxyl groups excluding tert-OH is 1. The third-order valence-corrected chi connectivity index (χ3v) is 2.68. The molecule has 1 amide bonds. The van der Waals surface area contributed by atoms with Crippen molar-refractivity contribution in [2.45, 2.75) is 44.9 Å². The highest BCUT2D eigenvalue weighted by Crippen LogP contribution is 2.18. The summed E-state index contributed by atoms with van der Waals surface area (Å²) in [5.74, 6) is -1.90. The average molecular weight is 287 g/mol. The first-order valence-electron chi connectivity index (χ1n) is 6.22. The van der Waals surface area contributed by atoms with E-state index in [9.17, 15) is 19.8 Å². The molecule has 8 nitrogen and oxygen atoms in total. The highest BCUT2D eigenvalue weighted by Gasteiger charge is 2.40. The summed E-state index contributed by atoms with van der Waals surface area (Å²) in [6, 6.07) is -1.28. The van der Waals surface area contributed by atoms with Gasteiger partial charge in [-0.2, -0.15) is 0 Å². The van der Waals surface area contributed by atoms with E-state index in [1.54, 1.807) is 20.8 Å². The van der Waals surface area contributed by atoms with E-state index in [1.807, 2.05) is 0 Å². The second-order valence-electron chi connectivity index (χ2n) is 5.52. The summed E-state index contributed by atoms with van der Waals surface area (Å²) < 4.78 is 4.90. The number of ether oxygens (including phenoxy) is 1. The van der Waals surface area contributed by atoms with E-state index in [0.717, 1.165) is 4.90 Å². The Hall–Kier alpha value is -1.83. The molecular weight excluding hydrogens is 268 g/mol. The lowest BCUT2D eigenvalue weighted by molar-refractivity contribution is -0.260. The molecule has 0 aromatic heterocycles. The Morgan fingerprint density at radius 2 is 2.05 bits per heavy atom. The number of carbonyl (C=O) groups is 2. The largest absolute Gasteiger partial charge is 0.595 e. The molecule has 1 heterocycles. The number of hydrogen-bond donors (Lipinski definition) is 2. The van der Waals surface area contributed by atoms with Crippen LogP contribution in [0.25, 0.3) is 0 Å². The normalized spacial score (nSPS) is 23.8. The zero-order valence-corrected chi connectivity index (χ0v) is 11.7. The van der Waals surface area contributed by atoms with Gasteiger partial charge in [0.2, 0.25) is 5.91 Å². The molecule has 0 radical (unpaired) electrons. The van der Waals surface area contributed by atoms with E-state index in [4.69, 9.17) is 9.84 Å². The molecule has 0 saturated carbocycles. The molecule has 20 heavy (non-hydrogen) atoms. The van der Waals surface area contributed by atoms with Crippen molar-refractivity contribution in [2.75, 3.05) is 13.1 Å². The average Bonchev–Trinajstić information content (AvgIpc) is 2.65. The third-order valence-electron chi connectivity index (χ3n) is 2.68. The van der Waals surface area contributed by atoms with Crippen LogP contribution in [0.2, 0.25) is 0 Å². The molecule has 1 aliphatic heterocycles. The second-order valence-corrected chi connectivity index (χ2v) is 5.52. The van der Waals surface area contributed by atoms with Crippen molar-refractivity contribution >= 4 is 18.0 Å². The maximum Gasteiger partial charge on any atom is 0.329 e. The number of amides is 1. The molecule has 0 aliphatic carbocycles. The first kappa shape index (κ1) is 16.2. The summed E-state index contributed by atoms with van der Waals surface area (Å²) in [6.45, 7) is 4.63. The smallest absolute Gasteiger partial charge is 0.329 e. The van der Waals surface area contributed by atoms with Crippen molar-refractivity contribution in [2.24, 2.45) is 4.99 Å². The molecule has 1 fully saturated rings. The Morgan fingerprint density at radius 1 is 1.45 bits per heavy atom. The number of aliphatic hydroxyl groups is 1. The second kappa shape index (κ2) is 6.08. The maximum absolute atomic E-state index is 11.8. The minimum Gasteiger partial charge on any atom is -0.595 e. The summed E-state index contributed by atoms with van der Waals surface area (Å²) in [5.41, 5.74) is -0.711. The Morgan fingerprint density at radius 3 is 2.55 bits per heavy atom. The van der Waals surface area contributed by atoms with Gasteiger partial charge in [0, 0.05) is 12.1 Å². The Labute approximate surface area is 116 Å². The van der Waals surface area contributed by atoms with Crippen molar-refractivity contribution in [3.8, 4) is 0 Å². The van der Waals surface area contributed by atoms with Crippen LogP contribution in [0.1, 0.15) is 27.2 Å². The first-order valence-corrected chi connectivity index (χ1v) is 6.22. The molecule has 0 aromatic rings. The molecule has 8 heteroatoms. The lowest BCUT2D eigenvalue weighted by atomic mass is 10.2. The number of carbonyl (C=O) groups excluding carboxylic acids is 1. The number of likely N-dealkylation sites (tertiary alicyclic amines) is 1. The van der Waals surface area contributed by atoms with Crippen molar-refractivity contribution in [1.29, 1.82) is 0 Å². The lowest BCUT2D eigenvalue weighted by Gasteiger charge is -2.29. The van der Waals surface area contributed by atoms with E-state index < -0.39 is 42.3 Å². The van der Waals surface area contributed by atoms with Gasteiger partial charge in [-0.3, -0.25) is 9.79 Å². The monoisotopic (exact) mass is 287 g/mol. The SMILES string of the molecule is CC(C)(C)OC([O-])=NCC(=O)N1CC[C@H](O)[C@H]1C(=O)O. The first-order chi connectivity index (χ1) is 9.11. The molecule has 1 saturated heterocycles. The van der Waals surface area contributed by atoms with Gasteiger partial charge in [-0.15, -0.1) is 0 Å². The van der Waals surface area contributed by atoms with Gasteiger partial charge in [-0.1, -0.05) is 20.8 Å². The minimum atomic E-state index is -1.28. The zero-order chi connectivity index (χ0) is 15.5. The van der Waals surface area contributed by atoms with Gasteiger partial charge in [0.25, 0.3) is 0 Å². The molecular formula is C12H19N2O6-. The standard InChI is InChI=1S/C12H20N2O6/c1-12(2,3)20-11(19)13-6-8(16)14-5-4-7(15)9(14)10(17)18/h7,9,15H,4-6H2,1-3H3,(H,13,19)(H,17,18)/p-1/t7-,9-/m0/s1. The van der Waals surface area contributed by atoms with E-state index in [1.165, 1.54) is 0 Å². The zero-order valence-electron chi connectivity index (χ0n) is 11.7. The highest BCUT2D eigenvalue weighted by molar-refractivity contribution is 5.86. The summed E-state index contributed by atoms with van der Waals surface area (Å²) in [5, 5.41) is 29.8. The minimum absolute atomic E-state index is 0.126. The van der Waals surface area contributed by atoms with Gasteiger partial charge >= 0.3 is 5.97 Å². The van der Waals surface area contributed by atoms with Gasteiger partial charge in [-0.25, -0.2) is 4.79 Å². The third kappa shape index (κ3) is 4.37. The molecule has 2 N–H and O–H groups in total. The van der Waals surface area contributed by atoms with Gasteiger partial charge in [0.05, 0.1) is 6.10 Å². The van der Waals surface area contributed by atoms with Crippen molar-refractivity contribution in [3.05, 3.63) is 0 Å². The van der Waals surface area contributed by atoms with E-state index in [2.05, 4.69) is 4.99 Å². The number of hydrogen-bond acceptors (Lipinski definition) is 6. The summed E-state index contributed by atoms with van der Waals surface area (Å²) in [4.78, 5) is 27.3. The Balaban J connectivity index is 2.63. The number of carboxylic acids is 1. The summed E-state index contributed by atoms with van der Waals surface area (Å²) in [7, 11) is 0. The fourth-order valence-corrected chi connectivity index (χ4v) is 1.87. The van der Waals surface area contributed by atoms with Gasteiger partial charge in [0.15, 0.2) is 6.04 Å². The highest BCUT2D eigenvalue weighted by atomic mass is 16.6. The molecule has 0 unspecified atom stereocenters. The van der Waals surface area contributed by atoms with Crippen LogP contribution in [0, 0.1) is 0 Å². The van der Waals surface area contributed by atoms with Gasteiger partial charge in [-0.05, 0) is 6.42 Å². The molecule has 1 rings (SSSR count). The van der Waals surface area contributed by atoms with Crippen LogP contribution in [-0.4, -0.2) is 63.9 Å². The lowest BCUT2D eigenvalue weighted by Crippen LogP contribution is -2.46. The van der Waals surface area contributed by atoms with Crippen LogP contribution in [0.5, 0.6) is 0 Å². The maximum atomic E-state index is 11.8. The molecule has 0 aromatic carbocycles. The van der Waals surface area contributed by atoms with Gasteiger partial charge in [0.1, 0.15) is 12.6 Å². The Kier molecular flexibility index (Phi) is 4.93. The van der Waals surface area contributed by atoms with Gasteiger partial charge < -0.3 is 25.0 Å². The number of carboxylic acid groups (broad SMARTS) is 1. The van der Waals surface area contributed by atoms with Crippen molar-refractivity contribution in [3.63, 3.8) is 0 Å².